The van der Waals surface area contributed by atoms with Gasteiger partial charge in [-0.3, -0.25) is 19.7 Å². The Morgan fingerprint density at radius 1 is 1.14 bits per heavy atom. The van der Waals surface area contributed by atoms with Gasteiger partial charge in [-0.1, -0.05) is 6.07 Å². The summed E-state index contributed by atoms with van der Waals surface area (Å²) in [5.41, 5.74) is 0.891. The molecule has 1 atom stereocenters. The van der Waals surface area contributed by atoms with E-state index in [1.807, 2.05) is 0 Å². The third-order valence-electron chi connectivity index (χ3n) is 6.86. The van der Waals surface area contributed by atoms with Gasteiger partial charge in [0.2, 0.25) is 0 Å². The molecule has 3 aliphatic rings. The quantitative estimate of drug-likeness (QED) is 0.491. The van der Waals surface area contributed by atoms with E-state index >= 15 is 0 Å². The van der Waals surface area contributed by atoms with Gasteiger partial charge in [0.1, 0.15) is 11.3 Å². The van der Waals surface area contributed by atoms with Gasteiger partial charge in [0.15, 0.2) is 17.1 Å². The Morgan fingerprint density at radius 2 is 1.94 bits per heavy atom. The minimum Gasteiger partial charge on any atom is -0.494 e. The first-order valence-corrected chi connectivity index (χ1v) is 10.9. The number of amides is 5. The van der Waals surface area contributed by atoms with E-state index < -0.39 is 29.2 Å². The average Bonchev–Trinajstić information content (AvgIpc) is 3.55. The lowest BCUT2D eigenvalue weighted by atomic mass is 9.94. The van der Waals surface area contributed by atoms with Gasteiger partial charge < -0.3 is 24.7 Å². The van der Waals surface area contributed by atoms with Crippen LogP contribution in [0.1, 0.15) is 43.2 Å². The fraction of sp³-hybridized carbons (Fsp3) is 0.250. The van der Waals surface area contributed by atoms with Crippen LogP contribution in [-0.4, -0.2) is 42.3 Å². The minimum absolute atomic E-state index is 0.0354. The number of ether oxygens (including phenoxy) is 1. The van der Waals surface area contributed by atoms with Gasteiger partial charge in [0, 0.05) is 24.0 Å². The van der Waals surface area contributed by atoms with Crippen LogP contribution < -0.4 is 20.7 Å². The Balaban J connectivity index is 1.44. The number of hydrogen-bond acceptors (Lipinski definition) is 6. The van der Waals surface area contributed by atoms with E-state index in [9.17, 15) is 23.6 Å². The SMILES string of the molecule is COc1ccc2c(c1F)C(=O)N(C[C@@]1(c3cc4cc5c(c(C)c4o3)C(=O)NC5)NC(=O)NC1=O)C2. The smallest absolute Gasteiger partial charge is 0.322 e. The van der Waals surface area contributed by atoms with Gasteiger partial charge in [0.05, 0.1) is 24.8 Å². The number of nitrogens with zero attached hydrogens (tertiary/aromatic N) is 1. The van der Waals surface area contributed by atoms with Gasteiger partial charge in [-0.2, -0.15) is 0 Å². The summed E-state index contributed by atoms with van der Waals surface area (Å²) >= 11 is 0. The number of methoxy groups -OCH3 is 1. The zero-order chi connectivity index (χ0) is 24.6. The molecule has 1 aromatic heterocycles. The van der Waals surface area contributed by atoms with E-state index in [0.717, 1.165) is 5.56 Å². The van der Waals surface area contributed by atoms with Gasteiger partial charge in [-0.25, -0.2) is 9.18 Å². The second kappa shape index (κ2) is 7.05. The minimum atomic E-state index is -1.74. The number of rotatable bonds is 4. The molecule has 0 bridgehead atoms. The van der Waals surface area contributed by atoms with Crippen molar-refractivity contribution in [2.75, 3.05) is 13.7 Å². The van der Waals surface area contributed by atoms with Crippen LogP contribution in [0.2, 0.25) is 0 Å². The summed E-state index contributed by atoms with van der Waals surface area (Å²) in [6.45, 7) is 1.87. The van der Waals surface area contributed by atoms with Gasteiger partial charge in [-0.15, -0.1) is 0 Å². The Bertz CT molecular complexity index is 1510. The van der Waals surface area contributed by atoms with Crippen LogP contribution in [-0.2, 0) is 23.4 Å². The lowest BCUT2D eigenvalue weighted by Crippen LogP contribution is -2.52. The van der Waals surface area contributed by atoms with Crippen molar-refractivity contribution in [3.8, 4) is 5.75 Å². The maximum atomic E-state index is 14.8. The summed E-state index contributed by atoms with van der Waals surface area (Å²) in [6, 6.07) is 5.69. The molecule has 1 fully saturated rings. The number of hydrogen-bond donors (Lipinski definition) is 3. The summed E-state index contributed by atoms with van der Waals surface area (Å²) in [5, 5.41) is 8.23. The number of imide groups is 1. The van der Waals surface area contributed by atoms with Crippen LogP contribution in [0.25, 0.3) is 11.0 Å². The number of halogens is 1. The van der Waals surface area contributed by atoms with Gasteiger partial charge >= 0.3 is 6.03 Å². The molecule has 178 valence electrons. The molecule has 6 rings (SSSR count). The zero-order valence-electron chi connectivity index (χ0n) is 18.7. The lowest BCUT2D eigenvalue weighted by molar-refractivity contribution is -0.125. The van der Waals surface area contributed by atoms with E-state index in [4.69, 9.17) is 9.15 Å². The molecule has 1 saturated heterocycles. The molecule has 3 aliphatic heterocycles. The average molecular weight is 478 g/mol. The molecule has 3 N–H and O–H groups in total. The Hall–Kier alpha value is -4.41. The first-order chi connectivity index (χ1) is 16.7. The van der Waals surface area contributed by atoms with Crippen molar-refractivity contribution in [2.45, 2.75) is 25.6 Å². The molecule has 0 aliphatic carbocycles. The van der Waals surface area contributed by atoms with Crippen LogP contribution in [0.15, 0.2) is 28.7 Å². The summed E-state index contributed by atoms with van der Waals surface area (Å²) in [5.74, 6) is -2.29. The van der Waals surface area contributed by atoms with Crippen molar-refractivity contribution >= 4 is 34.7 Å². The molecule has 4 heterocycles. The second-order valence-electron chi connectivity index (χ2n) is 8.84. The molecule has 11 heteroatoms. The van der Waals surface area contributed by atoms with Crippen molar-refractivity contribution in [1.29, 1.82) is 0 Å². The van der Waals surface area contributed by atoms with Gasteiger partial charge in [-0.05, 0) is 36.2 Å². The molecular formula is C24H19FN4O6. The second-order valence-corrected chi connectivity index (χ2v) is 8.84. The van der Waals surface area contributed by atoms with Crippen molar-refractivity contribution in [2.24, 2.45) is 0 Å². The largest absolute Gasteiger partial charge is 0.494 e. The first-order valence-electron chi connectivity index (χ1n) is 10.9. The Morgan fingerprint density at radius 3 is 2.66 bits per heavy atom. The molecule has 0 unspecified atom stereocenters. The fourth-order valence-corrected chi connectivity index (χ4v) is 5.17. The molecule has 10 nitrogen and oxygen atoms in total. The standard InChI is InChI=1S/C24H19FN4O6/c1-10-16-13(7-26-20(16)30)5-12-6-15(35-19(10)12)24(22(32)27-23(33)28-24)9-29-8-11-3-4-14(34-2)18(25)17(11)21(29)31/h3-6H,7-9H2,1-2H3,(H,26,30)(H2,27,28,32,33)/t24-/m0/s1. The molecule has 0 saturated carbocycles. The molecule has 5 amide bonds. The van der Waals surface area contributed by atoms with E-state index in [2.05, 4.69) is 16.0 Å². The van der Waals surface area contributed by atoms with E-state index in [0.29, 0.717) is 34.2 Å². The summed E-state index contributed by atoms with van der Waals surface area (Å²) < 4.78 is 25.9. The number of carbonyl (C=O) groups is 4. The molecule has 0 spiro atoms. The van der Waals surface area contributed by atoms with Crippen LogP contribution in [0.5, 0.6) is 5.75 Å². The maximum absolute atomic E-state index is 14.8. The lowest BCUT2D eigenvalue weighted by Gasteiger charge is -2.29. The topological polar surface area (TPSA) is 130 Å². The fourth-order valence-electron chi connectivity index (χ4n) is 5.17. The summed E-state index contributed by atoms with van der Waals surface area (Å²) in [7, 11) is 1.30. The molecule has 35 heavy (non-hydrogen) atoms. The normalized spacial score (nSPS) is 20.7. The van der Waals surface area contributed by atoms with Crippen LogP contribution in [0, 0.1) is 12.7 Å². The van der Waals surface area contributed by atoms with E-state index in [1.165, 1.54) is 18.1 Å². The highest BCUT2D eigenvalue weighted by atomic mass is 19.1. The number of nitrogens with one attached hydrogen (secondary N) is 3. The molecular weight excluding hydrogens is 459 g/mol. The highest BCUT2D eigenvalue weighted by Gasteiger charge is 2.53. The van der Waals surface area contributed by atoms with Crippen molar-refractivity contribution in [3.05, 3.63) is 63.7 Å². The van der Waals surface area contributed by atoms with Crippen LogP contribution in [0.4, 0.5) is 9.18 Å². The van der Waals surface area contributed by atoms with Crippen molar-refractivity contribution in [1.82, 2.24) is 20.9 Å². The van der Waals surface area contributed by atoms with E-state index in [1.54, 1.807) is 25.1 Å². The highest BCUT2D eigenvalue weighted by molar-refractivity contribution is 6.09. The van der Waals surface area contributed by atoms with Crippen molar-refractivity contribution < 1.29 is 32.7 Å². The van der Waals surface area contributed by atoms with E-state index in [-0.39, 0.29) is 36.1 Å². The summed E-state index contributed by atoms with van der Waals surface area (Å²) in [4.78, 5) is 52.0. The van der Waals surface area contributed by atoms with Crippen LogP contribution in [0.3, 0.4) is 0 Å². The number of aryl methyl sites for hydroxylation is 1. The third-order valence-corrected chi connectivity index (χ3v) is 6.86. The van der Waals surface area contributed by atoms with Crippen molar-refractivity contribution in [3.63, 3.8) is 0 Å². The molecule has 2 aromatic carbocycles. The maximum Gasteiger partial charge on any atom is 0.322 e. The molecule has 3 aromatic rings. The van der Waals surface area contributed by atoms with Crippen LogP contribution >= 0.6 is 0 Å². The highest BCUT2D eigenvalue weighted by Crippen LogP contribution is 2.38. The summed E-state index contributed by atoms with van der Waals surface area (Å²) in [6.07, 6.45) is 0. The number of benzene rings is 2. The Kier molecular flexibility index (Phi) is 4.26. The number of fused-ring (bicyclic) bond motifs is 3. The number of carbonyl (C=O) groups excluding carboxylic acids is 4. The third kappa shape index (κ3) is 2.81. The number of urea groups is 1. The Labute approximate surface area is 197 Å². The predicted molar refractivity (Wildman–Crippen MR) is 118 cm³/mol. The monoisotopic (exact) mass is 478 g/mol. The van der Waals surface area contributed by atoms with Gasteiger partial charge in [0.25, 0.3) is 17.7 Å². The predicted octanol–water partition coefficient (Wildman–Crippen LogP) is 1.82. The zero-order valence-corrected chi connectivity index (χ0v) is 18.7. The molecule has 0 radical (unpaired) electrons. The number of furan rings is 1. The first kappa shape index (κ1) is 21.1.